The number of carbonyl (C=O) groups is 4. The zero-order valence-electron chi connectivity index (χ0n) is 49.9. The van der Waals surface area contributed by atoms with Crippen molar-refractivity contribution in [3.63, 3.8) is 0 Å². The van der Waals surface area contributed by atoms with Crippen molar-refractivity contribution in [3.05, 3.63) is 168 Å². The van der Waals surface area contributed by atoms with Gasteiger partial charge < -0.3 is 18.9 Å². The molecule has 6 aromatic carbocycles. The maximum absolute atomic E-state index is 13.1. The second kappa shape index (κ2) is 22.8. The third-order valence-corrected chi connectivity index (χ3v) is 20.2. The van der Waals surface area contributed by atoms with E-state index < -0.39 is 46.1 Å². The molecule has 4 heterocycles. The maximum Gasteiger partial charge on any atom is 0.311 e. The minimum atomic E-state index is -0.653. The quantitative estimate of drug-likeness (QED) is 0.109. The second-order valence-electron chi connectivity index (χ2n) is 26.4. The first-order chi connectivity index (χ1) is 39.7. The van der Waals surface area contributed by atoms with E-state index in [1.807, 2.05) is 118 Å². The summed E-state index contributed by atoms with van der Waals surface area (Å²) in [6.45, 7) is 22.2. The number of benzene rings is 6. The van der Waals surface area contributed by atoms with E-state index in [9.17, 15) is 19.2 Å². The van der Waals surface area contributed by atoms with Crippen molar-refractivity contribution in [2.75, 3.05) is 0 Å². The van der Waals surface area contributed by atoms with E-state index in [-0.39, 0.29) is 23.9 Å². The summed E-state index contributed by atoms with van der Waals surface area (Å²) >= 11 is 7.16. The van der Waals surface area contributed by atoms with Gasteiger partial charge >= 0.3 is 23.9 Å². The van der Waals surface area contributed by atoms with Gasteiger partial charge in [-0.25, -0.2) is 0 Å². The molecule has 4 atom stereocenters. The molecule has 10 aromatic rings. The van der Waals surface area contributed by atoms with Gasteiger partial charge in [0.2, 0.25) is 0 Å². The lowest BCUT2D eigenvalue weighted by atomic mass is 9.85. The highest BCUT2D eigenvalue weighted by atomic mass is 32.1. The standard InChI is InChI=1S/C46H56O8S2.C26H16S2/c1-43(2,3)39(47)51-31-17-19-33(53-41(49)45(7,8)9)29-21-25(13-15-27(29)31)35-23-37-38(55-35)24-36(56-37)26-14-16-28-30(22-26)34(54-42(50)46(10,11)12)20-18-32(28)52-40(48)44(4,5)6;1-3-7-19-13-21(11-9-17(19)5-1)23-15-25-26(27-23)16-24(28-25)22-12-10-18-6-2-4-8-20(18)14-22/h13-16,21-24,31-34H,17-20H2,1-12H3;1-16H. The van der Waals surface area contributed by atoms with E-state index in [1.165, 1.54) is 51.8 Å². The molecule has 0 aliphatic heterocycles. The van der Waals surface area contributed by atoms with Crippen molar-refractivity contribution in [1.82, 2.24) is 0 Å². The molecule has 8 nitrogen and oxygen atoms in total. The molecule has 12 heteroatoms. The van der Waals surface area contributed by atoms with Gasteiger partial charge in [0.25, 0.3) is 0 Å². The van der Waals surface area contributed by atoms with Gasteiger partial charge in [0.1, 0.15) is 24.4 Å². The first-order valence-corrected chi connectivity index (χ1v) is 32.2. The van der Waals surface area contributed by atoms with Gasteiger partial charge in [0.15, 0.2) is 0 Å². The molecule has 0 N–H and O–H groups in total. The Balaban J connectivity index is 0.000000217. The van der Waals surface area contributed by atoms with Crippen LogP contribution in [0.1, 0.15) is 155 Å². The summed E-state index contributed by atoms with van der Waals surface area (Å²) in [7, 11) is 0. The highest BCUT2D eigenvalue weighted by molar-refractivity contribution is 7.31. The fraction of sp³-hybridized carbons (Fsp3) is 0.333. The van der Waals surface area contributed by atoms with E-state index in [4.69, 9.17) is 18.9 Å². The highest BCUT2D eigenvalue weighted by Gasteiger charge is 2.38. The predicted octanol–water partition coefficient (Wildman–Crippen LogP) is 21.0. The van der Waals surface area contributed by atoms with Gasteiger partial charge in [0.05, 0.1) is 21.7 Å². The van der Waals surface area contributed by atoms with Gasteiger partial charge in [-0.15, -0.1) is 45.3 Å². The lowest BCUT2D eigenvalue weighted by molar-refractivity contribution is -0.165. The summed E-state index contributed by atoms with van der Waals surface area (Å²) in [5.74, 6) is -1.06. The molecular formula is C72H72O8S4. The van der Waals surface area contributed by atoms with E-state index >= 15 is 0 Å². The summed E-state index contributed by atoms with van der Waals surface area (Å²) in [5, 5.41) is 5.19. The lowest BCUT2D eigenvalue weighted by Crippen LogP contribution is -2.30. The molecule has 4 aromatic heterocycles. The molecule has 0 radical (unpaired) electrons. The molecule has 2 aliphatic rings. The zero-order chi connectivity index (χ0) is 59.6. The molecule has 0 spiro atoms. The van der Waals surface area contributed by atoms with Crippen molar-refractivity contribution in [2.24, 2.45) is 21.7 Å². The fourth-order valence-electron chi connectivity index (χ4n) is 10.5. The Labute approximate surface area is 508 Å². The maximum atomic E-state index is 13.1. The SMILES string of the molecule is CC(C)(C)C(=O)OC1CCC(OC(=O)C(C)(C)C)c2cc(-c3cc4sc(-c5ccc6c(c5)C(OC(=O)C(C)(C)C)CCC6OC(=O)C(C)(C)C)cc4s3)ccc21.c1ccc2cc(-c3cc4sc(-c5ccc6ccccc6c5)cc4s3)ccc2c1. The summed E-state index contributed by atoms with van der Waals surface area (Å²) in [6.07, 6.45) is 0.525. The van der Waals surface area contributed by atoms with Gasteiger partial charge in [0, 0.05) is 38.3 Å². The number of esters is 4. The molecule has 0 fully saturated rings. The average molecular weight is 1190 g/mol. The molecule has 4 unspecified atom stereocenters. The van der Waals surface area contributed by atoms with Crippen LogP contribution in [0, 0.1) is 21.7 Å². The number of fused-ring (bicyclic) bond motifs is 6. The van der Waals surface area contributed by atoms with Crippen LogP contribution >= 0.6 is 45.3 Å². The molecule has 0 amide bonds. The van der Waals surface area contributed by atoms with Crippen LogP contribution < -0.4 is 0 Å². The summed E-state index contributed by atoms with van der Waals surface area (Å²) in [6, 6.07) is 52.1. The van der Waals surface area contributed by atoms with Gasteiger partial charge in [-0.1, -0.05) is 97.1 Å². The van der Waals surface area contributed by atoms with Gasteiger partial charge in [-0.2, -0.15) is 0 Å². The van der Waals surface area contributed by atoms with Crippen molar-refractivity contribution in [2.45, 2.75) is 133 Å². The minimum absolute atomic E-state index is 0.263. The molecule has 0 saturated carbocycles. The summed E-state index contributed by atoms with van der Waals surface area (Å²) in [5.41, 5.74) is 5.53. The monoisotopic (exact) mass is 1190 g/mol. The van der Waals surface area contributed by atoms with Crippen molar-refractivity contribution < 1.29 is 38.1 Å². The Kier molecular flexibility index (Phi) is 16.0. The van der Waals surface area contributed by atoms with Crippen LogP contribution in [-0.4, -0.2) is 23.9 Å². The van der Waals surface area contributed by atoms with Crippen LogP contribution in [-0.2, 0) is 38.1 Å². The summed E-state index contributed by atoms with van der Waals surface area (Å²) < 4.78 is 29.3. The normalized spacial score (nSPS) is 17.3. The number of hydrogen-bond acceptors (Lipinski definition) is 12. The molecule has 432 valence electrons. The Hall–Kier alpha value is -6.96. The number of ether oxygens (including phenoxy) is 4. The van der Waals surface area contributed by atoms with Crippen molar-refractivity contribution in [3.8, 4) is 41.8 Å². The minimum Gasteiger partial charge on any atom is -0.457 e. The molecular weight excluding hydrogens is 1120 g/mol. The summed E-state index contributed by atoms with van der Waals surface area (Å²) in [4.78, 5) is 56.8. The Morgan fingerprint density at radius 1 is 0.310 bits per heavy atom. The number of thiophene rings is 4. The molecule has 2 aliphatic carbocycles. The third-order valence-electron chi connectivity index (χ3n) is 15.4. The van der Waals surface area contributed by atoms with Crippen LogP contribution in [0.3, 0.4) is 0 Å². The van der Waals surface area contributed by atoms with Crippen LogP contribution in [0.15, 0.2) is 146 Å². The molecule has 0 saturated heterocycles. The number of rotatable bonds is 8. The Bertz CT molecular complexity index is 3840. The topological polar surface area (TPSA) is 105 Å². The Morgan fingerprint density at radius 2 is 0.560 bits per heavy atom. The first-order valence-electron chi connectivity index (χ1n) is 28.9. The zero-order valence-corrected chi connectivity index (χ0v) is 53.2. The van der Waals surface area contributed by atoms with Crippen LogP contribution in [0.4, 0.5) is 0 Å². The molecule has 0 bridgehead atoms. The van der Waals surface area contributed by atoms with Gasteiger partial charge in [-0.3, -0.25) is 19.2 Å². The fourth-order valence-corrected chi connectivity index (χ4v) is 15.2. The first kappa shape index (κ1) is 58.8. The Morgan fingerprint density at radius 3 is 0.845 bits per heavy atom. The van der Waals surface area contributed by atoms with Crippen LogP contribution in [0.5, 0.6) is 0 Å². The van der Waals surface area contributed by atoms with Crippen molar-refractivity contribution >= 4 is 110 Å². The second-order valence-corrected chi connectivity index (χ2v) is 30.8. The molecule has 84 heavy (non-hydrogen) atoms. The number of hydrogen-bond donors (Lipinski definition) is 0. The van der Waals surface area contributed by atoms with E-state index in [1.54, 1.807) is 22.7 Å². The van der Waals surface area contributed by atoms with E-state index in [0.29, 0.717) is 25.7 Å². The molecule has 12 rings (SSSR count). The smallest absolute Gasteiger partial charge is 0.311 e. The van der Waals surface area contributed by atoms with Crippen molar-refractivity contribution in [1.29, 1.82) is 0 Å². The lowest BCUT2D eigenvalue weighted by Gasteiger charge is -2.34. The average Bonchev–Trinajstić information content (AvgIpc) is 2.62. The third kappa shape index (κ3) is 12.6. The largest absolute Gasteiger partial charge is 0.457 e. The van der Waals surface area contributed by atoms with E-state index in [2.05, 4.69) is 133 Å². The van der Waals surface area contributed by atoms with Gasteiger partial charge in [-0.05, 0) is 223 Å². The van der Waals surface area contributed by atoms with Crippen LogP contribution in [0.25, 0.3) is 82.1 Å². The highest BCUT2D eigenvalue weighted by Crippen LogP contribution is 2.49. The number of carbonyl (C=O) groups excluding carboxylic acids is 4. The van der Waals surface area contributed by atoms with Crippen LogP contribution in [0.2, 0.25) is 0 Å². The predicted molar refractivity (Wildman–Crippen MR) is 348 cm³/mol. The van der Waals surface area contributed by atoms with E-state index in [0.717, 1.165) is 52.5 Å².